The van der Waals surface area contributed by atoms with Crippen molar-refractivity contribution in [2.45, 2.75) is 63.6 Å². The second-order valence-corrected chi connectivity index (χ2v) is 6.92. The first kappa shape index (κ1) is 15.0. The van der Waals surface area contributed by atoms with E-state index in [1.54, 1.807) is 0 Å². The van der Waals surface area contributed by atoms with E-state index in [2.05, 4.69) is 48.6 Å². The van der Waals surface area contributed by atoms with Crippen LogP contribution in [0.25, 0.3) is 0 Å². The molecule has 2 bridgehead atoms. The monoisotopic (exact) mass is 287 g/mol. The zero-order valence-electron chi connectivity index (χ0n) is 13.4. The van der Waals surface area contributed by atoms with E-state index in [0.29, 0.717) is 12.0 Å². The third-order valence-electron chi connectivity index (χ3n) is 5.63. The maximum absolute atomic E-state index is 5.94. The highest BCUT2D eigenvalue weighted by Gasteiger charge is 2.41. The Labute approximate surface area is 128 Å². The Morgan fingerprint density at radius 3 is 2.62 bits per heavy atom. The summed E-state index contributed by atoms with van der Waals surface area (Å²) in [4.78, 5) is 2.59. The molecule has 0 amide bonds. The largest absolute Gasteiger partial charge is 0.300 e. The summed E-state index contributed by atoms with van der Waals surface area (Å²) in [6.45, 7) is 2.24. The van der Waals surface area contributed by atoms with Crippen molar-refractivity contribution >= 4 is 0 Å². The summed E-state index contributed by atoms with van der Waals surface area (Å²) in [6, 6.07) is 10.9. The molecule has 0 aliphatic carbocycles. The number of fused-ring (bicyclic) bond motifs is 2. The van der Waals surface area contributed by atoms with E-state index in [1.165, 1.54) is 43.2 Å². The van der Waals surface area contributed by atoms with Crippen LogP contribution in [-0.2, 0) is 6.42 Å². The zero-order valence-corrected chi connectivity index (χ0v) is 13.4. The molecule has 2 heterocycles. The van der Waals surface area contributed by atoms with Crippen LogP contribution >= 0.6 is 0 Å². The van der Waals surface area contributed by atoms with Crippen LogP contribution in [0.5, 0.6) is 0 Å². The highest BCUT2D eigenvalue weighted by molar-refractivity contribution is 5.27. The molecule has 3 N–H and O–H groups in total. The second kappa shape index (κ2) is 6.47. The summed E-state index contributed by atoms with van der Waals surface area (Å²) in [6.07, 6.45) is 7.64. The number of nitrogens with two attached hydrogens (primary N) is 1. The SMILES string of the molecule is CCCc1cccc(C(NN)C2CC3CCC(C2)N3C)c1. The lowest BCUT2D eigenvalue weighted by molar-refractivity contribution is 0.112. The molecular formula is C18H29N3. The lowest BCUT2D eigenvalue weighted by atomic mass is 9.82. The van der Waals surface area contributed by atoms with Gasteiger partial charge in [0.15, 0.2) is 0 Å². The minimum atomic E-state index is 0.304. The molecule has 3 heteroatoms. The molecule has 2 fully saturated rings. The summed E-state index contributed by atoms with van der Waals surface area (Å²) in [5.74, 6) is 6.61. The van der Waals surface area contributed by atoms with Gasteiger partial charge in [-0.2, -0.15) is 0 Å². The van der Waals surface area contributed by atoms with Crippen LogP contribution in [0, 0.1) is 5.92 Å². The Kier molecular flexibility index (Phi) is 4.63. The van der Waals surface area contributed by atoms with Gasteiger partial charge in [-0.1, -0.05) is 37.6 Å². The Balaban J connectivity index is 1.77. The molecular weight excluding hydrogens is 258 g/mol. The smallest absolute Gasteiger partial charge is 0.0489 e. The van der Waals surface area contributed by atoms with Gasteiger partial charge >= 0.3 is 0 Å². The Hall–Kier alpha value is -0.900. The molecule has 2 aliphatic heterocycles. The van der Waals surface area contributed by atoms with E-state index >= 15 is 0 Å². The van der Waals surface area contributed by atoms with Gasteiger partial charge in [-0.05, 0) is 56.2 Å². The van der Waals surface area contributed by atoms with Crippen LogP contribution in [-0.4, -0.2) is 24.0 Å². The average Bonchev–Trinajstić information content (AvgIpc) is 2.71. The van der Waals surface area contributed by atoms with Crippen molar-refractivity contribution in [3.05, 3.63) is 35.4 Å². The lowest BCUT2D eigenvalue weighted by Crippen LogP contribution is -2.45. The summed E-state index contributed by atoms with van der Waals surface area (Å²) < 4.78 is 0. The first-order valence-corrected chi connectivity index (χ1v) is 8.49. The predicted octanol–water partition coefficient (Wildman–Crippen LogP) is 3.02. The summed E-state index contributed by atoms with van der Waals surface area (Å²) >= 11 is 0. The number of nitrogens with zero attached hydrogens (tertiary/aromatic N) is 1. The molecule has 3 nitrogen and oxygen atoms in total. The molecule has 0 aromatic heterocycles. The van der Waals surface area contributed by atoms with Crippen molar-refractivity contribution in [3.63, 3.8) is 0 Å². The number of benzene rings is 1. The van der Waals surface area contributed by atoms with Gasteiger partial charge in [-0.15, -0.1) is 0 Å². The fourth-order valence-electron chi connectivity index (χ4n) is 4.46. The molecule has 3 atom stereocenters. The normalized spacial score (nSPS) is 30.5. The summed E-state index contributed by atoms with van der Waals surface area (Å²) in [5.41, 5.74) is 5.93. The van der Waals surface area contributed by atoms with Gasteiger partial charge in [0.2, 0.25) is 0 Å². The minimum Gasteiger partial charge on any atom is -0.300 e. The van der Waals surface area contributed by atoms with Gasteiger partial charge in [-0.25, -0.2) is 0 Å². The van der Waals surface area contributed by atoms with E-state index in [-0.39, 0.29) is 0 Å². The van der Waals surface area contributed by atoms with Crippen LogP contribution in [0.1, 0.15) is 56.2 Å². The maximum Gasteiger partial charge on any atom is 0.0489 e. The Bertz CT molecular complexity index is 459. The number of hydrazine groups is 1. The van der Waals surface area contributed by atoms with Crippen molar-refractivity contribution in [2.24, 2.45) is 11.8 Å². The number of hydrogen-bond acceptors (Lipinski definition) is 3. The number of rotatable bonds is 5. The summed E-state index contributed by atoms with van der Waals surface area (Å²) in [7, 11) is 2.30. The van der Waals surface area contributed by atoms with E-state index in [1.807, 2.05) is 0 Å². The van der Waals surface area contributed by atoms with Gasteiger partial charge in [0.25, 0.3) is 0 Å². The van der Waals surface area contributed by atoms with Crippen LogP contribution in [0.3, 0.4) is 0 Å². The van der Waals surface area contributed by atoms with Gasteiger partial charge < -0.3 is 4.90 Å². The van der Waals surface area contributed by atoms with Gasteiger partial charge in [-0.3, -0.25) is 11.3 Å². The Morgan fingerprint density at radius 1 is 1.29 bits per heavy atom. The van der Waals surface area contributed by atoms with Crippen molar-refractivity contribution in [1.29, 1.82) is 0 Å². The third-order valence-corrected chi connectivity index (χ3v) is 5.63. The van der Waals surface area contributed by atoms with Crippen molar-refractivity contribution < 1.29 is 0 Å². The van der Waals surface area contributed by atoms with Crippen LogP contribution in [0.2, 0.25) is 0 Å². The van der Waals surface area contributed by atoms with Gasteiger partial charge in [0, 0.05) is 18.1 Å². The molecule has 21 heavy (non-hydrogen) atoms. The Morgan fingerprint density at radius 2 is 2.00 bits per heavy atom. The first-order chi connectivity index (χ1) is 10.2. The second-order valence-electron chi connectivity index (χ2n) is 6.92. The standard InChI is InChI=1S/C18H29N3/c1-3-5-13-6-4-7-14(10-13)18(20-19)15-11-16-8-9-17(12-15)21(16)2/h4,6-7,10,15-18,20H,3,5,8-9,11-12,19H2,1-2H3. The molecule has 0 saturated carbocycles. The third kappa shape index (κ3) is 3.01. The quantitative estimate of drug-likeness (QED) is 0.646. The molecule has 0 spiro atoms. The first-order valence-electron chi connectivity index (χ1n) is 8.49. The van der Waals surface area contributed by atoms with Crippen LogP contribution in [0.15, 0.2) is 24.3 Å². The van der Waals surface area contributed by atoms with E-state index in [9.17, 15) is 0 Å². The molecule has 2 saturated heterocycles. The van der Waals surface area contributed by atoms with E-state index < -0.39 is 0 Å². The molecule has 0 radical (unpaired) electrons. The van der Waals surface area contributed by atoms with Gasteiger partial charge in [0.05, 0.1) is 0 Å². The highest BCUT2D eigenvalue weighted by Crippen LogP contribution is 2.42. The summed E-state index contributed by atoms with van der Waals surface area (Å²) in [5, 5.41) is 0. The zero-order chi connectivity index (χ0) is 14.8. The predicted molar refractivity (Wildman–Crippen MR) is 87.8 cm³/mol. The average molecular weight is 287 g/mol. The van der Waals surface area contributed by atoms with E-state index in [4.69, 9.17) is 5.84 Å². The number of nitrogens with one attached hydrogen (secondary N) is 1. The van der Waals surface area contributed by atoms with Crippen molar-refractivity contribution in [2.75, 3.05) is 7.05 Å². The van der Waals surface area contributed by atoms with Crippen LogP contribution < -0.4 is 11.3 Å². The highest BCUT2D eigenvalue weighted by atomic mass is 15.2. The molecule has 2 aliphatic rings. The topological polar surface area (TPSA) is 41.3 Å². The van der Waals surface area contributed by atoms with Gasteiger partial charge in [0.1, 0.15) is 0 Å². The molecule has 116 valence electrons. The van der Waals surface area contributed by atoms with Crippen molar-refractivity contribution in [1.82, 2.24) is 10.3 Å². The number of aryl methyl sites for hydroxylation is 1. The number of hydrogen-bond donors (Lipinski definition) is 2. The lowest BCUT2D eigenvalue weighted by Gasteiger charge is -2.39. The van der Waals surface area contributed by atoms with Crippen molar-refractivity contribution in [3.8, 4) is 0 Å². The number of piperidine rings is 1. The fourth-order valence-corrected chi connectivity index (χ4v) is 4.46. The van der Waals surface area contributed by atoms with E-state index in [0.717, 1.165) is 18.5 Å². The molecule has 3 rings (SSSR count). The fraction of sp³-hybridized carbons (Fsp3) is 0.667. The van der Waals surface area contributed by atoms with Crippen LogP contribution in [0.4, 0.5) is 0 Å². The maximum atomic E-state index is 5.94. The molecule has 1 aromatic carbocycles. The minimum absolute atomic E-state index is 0.304. The molecule has 1 aromatic rings. The molecule has 3 unspecified atom stereocenters.